The van der Waals surface area contributed by atoms with Gasteiger partial charge in [-0.3, -0.25) is 23.9 Å². The Kier molecular flexibility index (Phi) is 8.21. The van der Waals surface area contributed by atoms with E-state index in [1.807, 2.05) is 6.07 Å². The molecule has 31 heavy (non-hydrogen) atoms. The molecule has 3 aromatic rings. The maximum Gasteiger partial charge on any atom is 0.337 e. The Morgan fingerprint density at radius 2 is 1.68 bits per heavy atom. The van der Waals surface area contributed by atoms with Gasteiger partial charge in [0.1, 0.15) is 6.67 Å². The number of primary amides is 1. The molecule has 160 valence electrons. The highest BCUT2D eigenvalue weighted by atomic mass is 16.4. The van der Waals surface area contributed by atoms with Crippen molar-refractivity contribution < 1.29 is 19.5 Å². The van der Waals surface area contributed by atoms with Gasteiger partial charge in [0, 0.05) is 36.8 Å². The van der Waals surface area contributed by atoms with Crippen LogP contribution >= 0.6 is 0 Å². The maximum atomic E-state index is 12.4. The summed E-state index contributed by atoms with van der Waals surface area (Å²) < 4.78 is 1.20. The summed E-state index contributed by atoms with van der Waals surface area (Å²) in [4.78, 5) is 50.9. The van der Waals surface area contributed by atoms with E-state index in [9.17, 15) is 19.2 Å². The van der Waals surface area contributed by atoms with Crippen molar-refractivity contribution in [1.29, 1.82) is 0 Å². The Morgan fingerprint density at radius 3 is 2.19 bits per heavy atom. The molecule has 0 spiro atoms. The largest absolute Gasteiger partial charge is 0.478 e. The molecule has 2 aromatic heterocycles. The number of carboxylic acid groups (broad SMARTS) is 1. The lowest BCUT2D eigenvalue weighted by Crippen LogP contribution is -2.36. The van der Waals surface area contributed by atoms with E-state index in [1.54, 1.807) is 49.5 Å². The van der Waals surface area contributed by atoms with Crippen LogP contribution in [0.4, 0.5) is 0 Å². The van der Waals surface area contributed by atoms with Crippen molar-refractivity contribution in [2.24, 2.45) is 5.73 Å². The molecule has 0 saturated carbocycles. The number of hydrogen-bond donors (Lipinski definition) is 2. The molecular formula is C22H22N4O5. The minimum Gasteiger partial charge on any atom is -0.478 e. The third kappa shape index (κ3) is 6.64. The fourth-order valence-corrected chi connectivity index (χ4v) is 2.53. The standard InChI is InChI=1S/C15H15N3O4.C7H7NO/c1-2-17(14(20)11-4-3-7-16-8-11)10-18-9-12(15(21)22)5-6-13(18)19;8-7(9)6-4-2-1-3-5-6/h3-9H,2,10H2,1H3,(H,21,22);1-5H,(H2,8,9). The van der Waals surface area contributed by atoms with Gasteiger partial charge >= 0.3 is 5.97 Å². The predicted octanol–water partition coefficient (Wildman–Crippen LogP) is 1.85. The van der Waals surface area contributed by atoms with E-state index < -0.39 is 5.97 Å². The van der Waals surface area contributed by atoms with E-state index in [4.69, 9.17) is 10.8 Å². The number of nitrogens with two attached hydrogens (primary N) is 1. The molecule has 0 bridgehead atoms. The third-order valence-corrected chi connectivity index (χ3v) is 4.19. The summed E-state index contributed by atoms with van der Waals surface area (Å²) in [5.74, 6) is -1.78. The monoisotopic (exact) mass is 422 g/mol. The van der Waals surface area contributed by atoms with Crippen LogP contribution in [-0.4, -0.2) is 43.9 Å². The van der Waals surface area contributed by atoms with Gasteiger partial charge in [0.15, 0.2) is 0 Å². The van der Waals surface area contributed by atoms with Crippen molar-refractivity contribution in [1.82, 2.24) is 14.5 Å². The van der Waals surface area contributed by atoms with Crippen molar-refractivity contribution >= 4 is 17.8 Å². The van der Waals surface area contributed by atoms with Gasteiger partial charge < -0.3 is 15.7 Å². The van der Waals surface area contributed by atoms with Gasteiger partial charge in [0.05, 0.1) is 11.1 Å². The maximum absolute atomic E-state index is 12.4. The van der Waals surface area contributed by atoms with Crippen LogP contribution in [0.2, 0.25) is 0 Å². The second-order valence-electron chi connectivity index (χ2n) is 6.31. The number of hydrogen-bond acceptors (Lipinski definition) is 5. The van der Waals surface area contributed by atoms with Crippen LogP contribution in [-0.2, 0) is 6.67 Å². The number of carbonyl (C=O) groups excluding carboxylic acids is 2. The minimum absolute atomic E-state index is 0.00974. The molecule has 3 rings (SSSR count). The molecular weight excluding hydrogens is 400 g/mol. The van der Waals surface area contributed by atoms with E-state index in [0.717, 1.165) is 0 Å². The molecule has 0 aliphatic carbocycles. The van der Waals surface area contributed by atoms with Gasteiger partial charge in [0.2, 0.25) is 5.91 Å². The number of rotatable bonds is 6. The summed E-state index contributed by atoms with van der Waals surface area (Å²) in [5.41, 5.74) is 5.55. The van der Waals surface area contributed by atoms with E-state index >= 15 is 0 Å². The van der Waals surface area contributed by atoms with E-state index in [-0.39, 0.29) is 29.6 Å². The van der Waals surface area contributed by atoms with Crippen molar-refractivity contribution in [2.75, 3.05) is 6.54 Å². The number of nitrogens with zero attached hydrogens (tertiary/aromatic N) is 3. The highest BCUT2D eigenvalue weighted by molar-refractivity contribution is 5.93. The number of carboxylic acids is 1. The average Bonchev–Trinajstić information content (AvgIpc) is 2.79. The van der Waals surface area contributed by atoms with Crippen LogP contribution in [0.1, 0.15) is 38.0 Å². The summed E-state index contributed by atoms with van der Waals surface area (Å²) in [6.07, 6.45) is 4.24. The van der Waals surface area contributed by atoms with Crippen LogP contribution in [0.15, 0.2) is 78.0 Å². The van der Waals surface area contributed by atoms with Crippen LogP contribution in [0.3, 0.4) is 0 Å². The van der Waals surface area contributed by atoms with Crippen LogP contribution in [0.25, 0.3) is 0 Å². The summed E-state index contributed by atoms with van der Waals surface area (Å²) in [6.45, 7) is 2.13. The first-order chi connectivity index (χ1) is 14.8. The zero-order valence-electron chi connectivity index (χ0n) is 16.8. The third-order valence-electron chi connectivity index (χ3n) is 4.19. The zero-order valence-corrected chi connectivity index (χ0v) is 16.8. The molecule has 0 fully saturated rings. The number of carbonyl (C=O) groups is 3. The van der Waals surface area contributed by atoms with Crippen LogP contribution < -0.4 is 11.3 Å². The Morgan fingerprint density at radius 1 is 1.00 bits per heavy atom. The lowest BCUT2D eigenvalue weighted by Gasteiger charge is -2.22. The summed E-state index contributed by atoms with van der Waals surface area (Å²) in [6, 6.07) is 14.5. The number of pyridine rings is 2. The van der Waals surface area contributed by atoms with E-state index in [2.05, 4.69) is 4.98 Å². The quantitative estimate of drug-likeness (QED) is 0.622. The van der Waals surface area contributed by atoms with Crippen molar-refractivity contribution in [2.45, 2.75) is 13.6 Å². The van der Waals surface area contributed by atoms with Crippen molar-refractivity contribution in [3.8, 4) is 0 Å². The smallest absolute Gasteiger partial charge is 0.337 e. The number of aromatic nitrogens is 2. The molecule has 0 atom stereocenters. The molecule has 0 aliphatic rings. The van der Waals surface area contributed by atoms with E-state index in [0.29, 0.717) is 17.7 Å². The molecule has 3 N–H and O–H groups in total. The zero-order chi connectivity index (χ0) is 22.8. The van der Waals surface area contributed by atoms with Gasteiger partial charge in [-0.15, -0.1) is 0 Å². The Labute approximate surface area is 178 Å². The van der Waals surface area contributed by atoms with Crippen LogP contribution in [0, 0.1) is 0 Å². The molecule has 1 aromatic carbocycles. The van der Waals surface area contributed by atoms with Gasteiger partial charge in [0.25, 0.3) is 11.5 Å². The van der Waals surface area contributed by atoms with Crippen molar-refractivity contribution in [3.63, 3.8) is 0 Å². The lowest BCUT2D eigenvalue weighted by molar-refractivity contribution is 0.0694. The SMILES string of the molecule is CCN(Cn1cc(C(=O)O)ccc1=O)C(=O)c1cccnc1.NC(=O)c1ccccc1. The Bertz CT molecular complexity index is 1100. The van der Waals surface area contributed by atoms with Gasteiger partial charge in [-0.05, 0) is 37.3 Å². The molecule has 2 amide bonds. The number of amides is 2. The Hall–Kier alpha value is -4.27. The molecule has 0 unspecified atom stereocenters. The fraction of sp³-hybridized carbons (Fsp3) is 0.136. The first kappa shape index (κ1) is 23.0. The molecule has 9 nitrogen and oxygen atoms in total. The molecule has 0 saturated heterocycles. The van der Waals surface area contributed by atoms with Crippen molar-refractivity contribution in [3.05, 3.63) is 100 Å². The first-order valence-corrected chi connectivity index (χ1v) is 9.31. The number of aromatic carboxylic acids is 1. The highest BCUT2D eigenvalue weighted by Gasteiger charge is 2.15. The average molecular weight is 422 g/mol. The van der Waals surface area contributed by atoms with Gasteiger partial charge in [-0.2, -0.15) is 0 Å². The summed E-state index contributed by atoms with van der Waals surface area (Å²) in [7, 11) is 0. The van der Waals surface area contributed by atoms with Crippen LogP contribution in [0.5, 0.6) is 0 Å². The van der Waals surface area contributed by atoms with Gasteiger partial charge in [-0.1, -0.05) is 18.2 Å². The highest BCUT2D eigenvalue weighted by Crippen LogP contribution is 2.05. The molecule has 0 aliphatic heterocycles. The van der Waals surface area contributed by atoms with Gasteiger partial charge in [-0.25, -0.2) is 4.79 Å². The first-order valence-electron chi connectivity index (χ1n) is 9.31. The Balaban J connectivity index is 0.000000316. The lowest BCUT2D eigenvalue weighted by atomic mass is 10.2. The number of benzene rings is 1. The molecule has 9 heteroatoms. The second kappa shape index (κ2) is 11.1. The summed E-state index contributed by atoms with van der Waals surface area (Å²) >= 11 is 0. The minimum atomic E-state index is -1.13. The second-order valence-corrected chi connectivity index (χ2v) is 6.31. The fourth-order valence-electron chi connectivity index (χ4n) is 2.53. The topological polar surface area (TPSA) is 136 Å². The molecule has 2 heterocycles. The summed E-state index contributed by atoms with van der Waals surface area (Å²) in [5, 5.41) is 8.97. The van der Waals surface area contributed by atoms with E-state index in [1.165, 1.54) is 34.0 Å². The molecule has 0 radical (unpaired) electrons. The normalized spacial score (nSPS) is 9.84. The predicted molar refractivity (Wildman–Crippen MR) is 114 cm³/mol.